The Labute approximate surface area is 65.0 Å². The maximum atomic E-state index is 10.6. The summed E-state index contributed by atoms with van der Waals surface area (Å²) < 4.78 is 1.82. The second kappa shape index (κ2) is 2.19. The van der Waals surface area contributed by atoms with Gasteiger partial charge in [-0.2, -0.15) is 5.10 Å². The van der Waals surface area contributed by atoms with Gasteiger partial charge in [0.15, 0.2) is 0 Å². The fourth-order valence-corrected chi connectivity index (χ4v) is 1.19. The molecule has 1 aromatic rings. The number of rotatable bonds is 3. The van der Waals surface area contributed by atoms with Crippen molar-refractivity contribution < 1.29 is 4.79 Å². The molecule has 11 heavy (non-hydrogen) atoms. The molecule has 0 aromatic carbocycles. The molecule has 0 unspecified atom stereocenters. The van der Waals surface area contributed by atoms with Gasteiger partial charge in [0.25, 0.3) is 0 Å². The van der Waals surface area contributed by atoms with Gasteiger partial charge in [-0.3, -0.25) is 4.68 Å². The fraction of sp³-hybridized carbons (Fsp3) is 0.500. The highest BCUT2D eigenvalue weighted by Gasteiger charge is 2.42. The fourth-order valence-electron chi connectivity index (χ4n) is 1.19. The molecule has 0 radical (unpaired) electrons. The van der Waals surface area contributed by atoms with Crippen LogP contribution in [0.4, 0.5) is 0 Å². The van der Waals surface area contributed by atoms with E-state index in [9.17, 15) is 4.79 Å². The van der Waals surface area contributed by atoms with Crippen LogP contribution in [0.15, 0.2) is 18.5 Å². The summed E-state index contributed by atoms with van der Waals surface area (Å²) in [5, 5.41) is 4.05. The van der Waals surface area contributed by atoms with Gasteiger partial charge >= 0.3 is 0 Å². The van der Waals surface area contributed by atoms with Crippen molar-refractivity contribution in [1.82, 2.24) is 9.78 Å². The number of nitrogens with zero attached hydrogens (tertiary/aromatic N) is 2. The van der Waals surface area contributed by atoms with Crippen molar-refractivity contribution in [2.45, 2.75) is 19.4 Å². The van der Waals surface area contributed by atoms with Gasteiger partial charge in [-0.1, -0.05) is 0 Å². The SMILES string of the molecule is O=CC1(Cn2cccn2)CC1. The van der Waals surface area contributed by atoms with E-state index in [1.165, 1.54) is 0 Å². The molecular weight excluding hydrogens is 140 g/mol. The molecule has 3 heteroatoms. The minimum Gasteiger partial charge on any atom is -0.303 e. The first-order chi connectivity index (χ1) is 5.35. The van der Waals surface area contributed by atoms with Crippen molar-refractivity contribution in [3.63, 3.8) is 0 Å². The predicted molar refractivity (Wildman–Crippen MR) is 40.0 cm³/mol. The molecule has 1 aromatic heterocycles. The van der Waals surface area contributed by atoms with Crippen molar-refractivity contribution in [2.24, 2.45) is 5.41 Å². The van der Waals surface area contributed by atoms with Gasteiger partial charge in [-0.25, -0.2) is 0 Å². The van der Waals surface area contributed by atoms with Crippen LogP contribution in [-0.2, 0) is 11.3 Å². The van der Waals surface area contributed by atoms with Crippen molar-refractivity contribution in [3.05, 3.63) is 18.5 Å². The zero-order valence-electron chi connectivity index (χ0n) is 6.23. The van der Waals surface area contributed by atoms with Gasteiger partial charge in [0.05, 0.1) is 6.54 Å². The van der Waals surface area contributed by atoms with E-state index < -0.39 is 0 Å². The van der Waals surface area contributed by atoms with Gasteiger partial charge in [-0.05, 0) is 18.9 Å². The lowest BCUT2D eigenvalue weighted by Gasteiger charge is -2.05. The molecule has 2 rings (SSSR count). The van der Waals surface area contributed by atoms with E-state index in [0.717, 1.165) is 25.7 Å². The van der Waals surface area contributed by atoms with E-state index in [1.807, 2.05) is 16.9 Å². The highest BCUT2D eigenvalue weighted by atomic mass is 16.1. The maximum Gasteiger partial charge on any atom is 0.127 e. The van der Waals surface area contributed by atoms with Crippen LogP contribution in [0.1, 0.15) is 12.8 Å². The minimum atomic E-state index is -0.0635. The average Bonchev–Trinajstić information content (AvgIpc) is 2.59. The molecule has 1 aliphatic carbocycles. The summed E-state index contributed by atoms with van der Waals surface area (Å²) in [5.41, 5.74) is -0.0635. The van der Waals surface area contributed by atoms with Crippen molar-refractivity contribution in [2.75, 3.05) is 0 Å². The second-order valence-electron chi connectivity index (χ2n) is 3.18. The van der Waals surface area contributed by atoms with Crippen LogP contribution in [0.5, 0.6) is 0 Å². The maximum absolute atomic E-state index is 10.6. The molecule has 0 saturated heterocycles. The molecule has 58 valence electrons. The predicted octanol–water partition coefficient (Wildman–Crippen LogP) is 0.862. The van der Waals surface area contributed by atoms with Crippen molar-refractivity contribution >= 4 is 6.29 Å². The molecule has 0 atom stereocenters. The number of aromatic nitrogens is 2. The van der Waals surface area contributed by atoms with E-state index in [0.29, 0.717) is 0 Å². The summed E-state index contributed by atoms with van der Waals surface area (Å²) in [4.78, 5) is 10.6. The van der Waals surface area contributed by atoms with Gasteiger partial charge in [-0.15, -0.1) is 0 Å². The van der Waals surface area contributed by atoms with Crippen molar-refractivity contribution in [3.8, 4) is 0 Å². The number of aldehydes is 1. The topological polar surface area (TPSA) is 34.9 Å². The number of hydrogen-bond donors (Lipinski definition) is 0. The molecule has 0 aliphatic heterocycles. The monoisotopic (exact) mass is 150 g/mol. The lowest BCUT2D eigenvalue weighted by Crippen LogP contribution is -2.12. The van der Waals surface area contributed by atoms with Crippen LogP contribution in [0.3, 0.4) is 0 Å². The highest BCUT2D eigenvalue weighted by molar-refractivity contribution is 5.63. The number of carbonyl (C=O) groups is 1. The van der Waals surface area contributed by atoms with Crippen LogP contribution in [-0.4, -0.2) is 16.1 Å². The smallest absolute Gasteiger partial charge is 0.127 e. The molecular formula is C8H10N2O. The van der Waals surface area contributed by atoms with Gasteiger partial charge in [0.2, 0.25) is 0 Å². The van der Waals surface area contributed by atoms with Crippen molar-refractivity contribution in [1.29, 1.82) is 0 Å². The normalized spacial score (nSPS) is 19.6. The summed E-state index contributed by atoms with van der Waals surface area (Å²) in [5.74, 6) is 0. The first kappa shape index (κ1) is 6.58. The van der Waals surface area contributed by atoms with E-state index >= 15 is 0 Å². The largest absolute Gasteiger partial charge is 0.303 e. The molecule has 0 N–H and O–H groups in total. The molecule has 0 spiro atoms. The molecule has 1 heterocycles. The first-order valence-corrected chi connectivity index (χ1v) is 3.78. The van der Waals surface area contributed by atoms with E-state index in [4.69, 9.17) is 0 Å². The molecule has 1 aliphatic rings. The van der Waals surface area contributed by atoms with E-state index in [2.05, 4.69) is 5.10 Å². The summed E-state index contributed by atoms with van der Waals surface area (Å²) in [6.45, 7) is 0.753. The Kier molecular flexibility index (Phi) is 1.31. The van der Waals surface area contributed by atoms with Gasteiger partial charge in [0, 0.05) is 17.8 Å². The van der Waals surface area contributed by atoms with Crippen LogP contribution >= 0.6 is 0 Å². The quantitative estimate of drug-likeness (QED) is 0.599. The zero-order chi connectivity index (χ0) is 7.73. The third-order valence-electron chi connectivity index (χ3n) is 2.18. The summed E-state index contributed by atoms with van der Waals surface area (Å²) in [6, 6.07) is 1.88. The average molecular weight is 150 g/mol. The Morgan fingerprint density at radius 2 is 2.45 bits per heavy atom. The Morgan fingerprint density at radius 3 is 2.91 bits per heavy atom. The van der Waals surface area contributed by atoms with Crippen LogP contribution in [0.2, 0.25) is 0 Å². The standard InChI is InChI=1S/C8H10N2O/c11-7-8(2-3-8)6-10-5-1-4-9-10/h1,4-5,7H,2-3,6H2. The van der Waals surface area contributed by atoms with Crippen LogP contribution < -0.4 is 0 Å². The Hall–Kier alpha value is -1.12. The molecule has 0 amide bonds. The lowest BCUT2D eigenvalue weighted by atomic mass is 10.1. The van der Waals surface area contributed by atoms with Gasteiger partial charge < -0.3 is 4.79 Å². The second-order valence-corrected chi connectivity index (χ2v) is 3.18. The van der Waals surface area contributed by atoms with E-state index in [-0.39, 0.29) is 5.41 Å². The highest BCUT2D eigenvalue weighted by Crippen LogP contribution is 2.44. The number of carbonyl (C=O) groups excluding carboxylic acids is 1. The summed E-state index contributed by atoms with van der Waals surface area (Å²) >= 11 is 0. The molecule has 1 saturated carbocycles. The molecule has 3 nitrogen and oxygen atoms in total. The molecule has 0 bridgehead atoms. The van der Waals surface area contributed by atoms with Crippen LogP contribution in [0.25, 0.3) is 0 Å². The Bertz CT molecular complexity index is 249. The minimum absolute atomic E-state index is 0.0635. The first-order valence-electron chi connectivity index (χ1n) is 3.78. The lowest BCUT2D eigenvalue weighted by molar-refractivity contribution is -0.112. The third kappa shape index (κ3) is 1.18. The van der Waals surface area contributed by atoms with Crippen LogP contribution in [0, 0.1) is 5.41 Å². The Balaban J connectivity index is 2.06. The zero-order valence-corrected chi connectivity index (χ0v) is 6.23. The Morgan fingerprint density at radius 1 is 1.64 bits per heavy atom. The third-order valence-corrected chi connectivity index (χ3v) is 2.18. The van der Waals surface area contributed by atoms with Gasteiger partial charge in [0.1, 0.15) is 6.29 Å². The van der Waals surface area contributed by atoms with E-state index in [1.54, 1.807) is 6.20 Å². The summed E-state index contributed by atoms with van der Waals surface area (Å²) in [6.07, 6.45) is 6.74. The summed E-state index contributed by atoms with van der Waals surface area (Å²) in [7, 11) is 0. The molecule has 1 fully saturated rings. The number of hydrogen-bond acceptors (Lipinski definition) is 2.